The number of rotatable bonds is 3. The molecule has 0 aliphatic carbocycles. The summed E-state index contributed by atoms with van der Waals surface area (Å²) in [5.41, 5.74) is 4.49. The topological polar surface area (TPSA) is 33.2 Å². The van der Waals surface area contributed by atoms with E-state index in [1.165, 1.54) is 11.3 Å². The molecule has 0 unspecified atom stereocenters. The van der Waals surface area contributed by atoms with Crippen molar-refractivity contribution in [1.29, 1.82) is 0 Å². The second-order valence-corrected chi connectivity index (χ2v) is 6.99. The average Bonchev–Trinajstić information content (AvgIpc) is 3.06. The molecule has 0 atom stereocenters. The fourth-order valence-corrected chi connectivity index (χ4v) is 3.39. The molecule has 1 amide bonds. The van der Waals surface area contributed by atoms with E-state index in [9.17, 15) is 4.79 Å². The molecule has 0 N–H and O–H groups in total. The number of benzene rings is 2. The molecule has 0 aliphatic heterocycles. The van der Waals surface area contributed by atoms with Gasteiger partial charge in [0.15, 0.2) is 0 Å². The summed E-state index contributed by atoms with van der Waals surface area (Å²) in [5, 5.41) is 3.29. The van der Waals surface area contributed by atoms with Crippen molar-refractivity contribution in [3.05, 3.63) is 69.7 Å². The van der Waals surface area contributed by atoms with Crippen LogP contribution in [0.2, 0.25) is 5.02 Å². The molecule has 24 heavy (non-hydrogen) atoms. The van der Waals surface area contributed by atoms with E-state index in [-0.39, 0.29) is 5.91 Å². The molecule has 0 bridgehead atoms. The first kappa shape index (κ1) is 16.7. The largest absolute Gasteiger partial charge is 0.310 e. The Hall–Kier alpha value is -2.17. The molecule has 1 heterocycles. The zero-order valence-corrected chi connectivity index (χ0v) is 15.3. The van der Waals surface area contributed by atoms with Crippen LogP contribution in [0.3, 0.4) is 0 Å². The third-order valence-corrected chi connectivity index (χ3v) is 4.99. The Kier molecular flexibility index (Phi) is 4.69. The Morgan fingerprint density at radius 2 is 1.83 bits per heavy atom. The highest BCUT2D eigenvalue weighted by molar-refractivity contribution is 7.13. The first-order valence-corrected chi connectivity index (χ1v) is 8.78. The second-order valence-electron chi connectivity index (χ2n) is 5.70. The first-order valence-electron chi connectivity index (χ1n) is 7.52. The van der Waals surface area contributed by atoms with Gasteiger partial charge in [0.25, 0.3) is 5.91 Å². The SMILES string of the molecule is Cc1ccc(C)c(N(C)C(=O)c2csc(-c3ccc(Cl)cc3)n2)c1. The molecule has 1 aromatic heterocycles. The molecular weight excluding hydrogens is 340 g/mol. The number of anilines is 1. The molecule has 0 saturated heterocycles. The molecule has 122 valence electrons. The average molecular weight is 357 g/mol. The van der Waals surface area contributed by atoms with E-state index in [2.05, 4.69) is 4.98 Å². The van der Waals surface area contributed by atoms with E-state index >= 15 is 0 Å². The summed E-state index contributed by atoms with van der Waals surface area (Å²) < 4.78 is 0. The molecule has 0 saturated carbocycles. The number of halogens is 1. The van der Waals surface area contributed by atoms with Gasteiger partial charge in [0.05, 0.1) is 0 Å². The molecule has 5 heteroatoms. The van der Waals surface area contributed by atoms with Crippen LogP contribution in [0.4, 0.5) is 5.69 Å². The molecule has 2 aromatic carbocycles. The molecule has 0 fully saturated rings. The van der Waals surface area contributed by atoms with E-state index < -0.39 is 0 Å². The minimum absolute atomic E-state index is 0.111. The lowest BCUT2D eigenvalue weighted by Crippen LogP contribution is -2.27. The molecule has 3 nitrogen and oxygen atoms in total. The Morgan fingerprint density at radius 1 is 1.12 bits per heavy atom. The van der Waals surface area contributed by atoms with Crippen molar-refractivity contribution in [2.45, 2.75) is 13.8 Å². The number of thiazole rings is 1. The second kappa shape index (κ2) is 6.75. The van der Waals surface area contributed by atoms with E-state index in [1.807, 2.05) is 56.3 Å². The van der Waals surface area contributed by atoms with Gasteiger partial charge < -0.3 is 4.90 Å². The highest BCUT2D eigenvalue weighted by Gasteiger charge is 2.18. The number of amides is 1. The van der Waals surface area contributed by atoms with Gasteiger partial charge in [0, 0.05) is 28.7 Å². The normalized spacial score (nSPS) is 10.7. The smallest absolute Gasteiger partial charge is 0.277 e. The van der Waals surface area contributed by atoms with Crippen molar-refractivity contribution >= 4 is 34.5 Å². The number of aromatic nitrogens is 1. The Morgan fingerprint density at radius 3 is 2.54 bits per heavy atom. The van der Waals surface area contributed by atoms with Crippen LogP contribution in [0.15, 0.2) is 47.8 Å². The molecule has 3 rings (SSSR count). The predicted octanol–water partition coefficient (Wildman–Crippen LogP) is 5.36. The maximum Gasteiger partial charge on any atom is 0.277 e. The summed E-state index contributed by atoms with van der Waals surface area (Å²) in [6.07, 6.45) is 0. The van der Waals surface area contributed by atoms with Gasteiger partial charge in [-0.15, -0.1) is 11.3 Å². The quantitative estimate of drug-likeness (QED) is 0.633. The summed E-state index contributed by atoms with van der Waals surface area (Å²) in [6.45, 7) is 4.02. The minimum Gasteiger partial charge on any atom is -0.310 e. The lowest BCUT2D eigenvalue weighted by atomic mass is 10.1. The van der Waals surface area contributed by atoms with Gasteiger partial charge in [0.1, 0.15) is 10.7 Å². The number of aryl methyl sites for hydroxylation is 2. The van der Waals surface area contributed by atoms with Gasteiger partial charge in [-0.25, -0.2) is 4.98 Å². The Balaban J connectivity index is 1.88. The first-order chi connectivity index (χ1) is 11.5. The van der Waals surface area contributed by atoms with E-state index in [1.54, 1.807) is 17.3 Å². The van der Waals surface area contributed by atoms with Crippen molar-refractivity contribution in [1.82, 2.24) is 4.98 Å². The lowest BCUT2D eigenvalue weighted by molar-refractivity contribution is 0.0989. The molecular formula is C19H17ClN2OS. The van der Waals surface area contributed by atoms with E-state index in [4.69, 9.17) is 11.6 Å². The Bertz CT molecular complexity index is 887. The van der Waals surface area contributed by atoms with Crippen LogP contribution >= 0.6 is 22.9 Å². The standard InChI is InChI=1S/C19H17ClN2OS/c1-12-4-5-13(2)17(10-12)22(3)19(23)16-11-24-18(21-16)14-6-8-15(20)9-7-14/h4-11H,1-3H3. The van der Waals surface area contributed by atoms with Gasteiger partial charge in [-0.1, -0.05) is 35.9 Å². The van der Waals surface area contributed by atoms with Crippen molar-refractivity contribution < 1.29 is 4.79 Å². The highest BCUT2D eigenvalue weighted by Crippen LogP contribution is 2.27. The number of carbonyl (C=O) groups is 1. The van der Waals surface area contributed by atoms with Gasteiger partial charge >= 0.3 is 0 Å². The maximum absolute atomic E-state index is 12.8. The van der Waals surface area contributed by atoms with Gasteiger partial charge in [-0.2, -0.15) is 0 Å². The highest BCUT2D eigenvalue weighted by atomic mass is 35.5. The van der Waals surface area contributed by atoms with Crippen molar-refractivity contribution in [3.63, 3.8) is 0 Å². The summed E-state index contributed by atoms with van der Waals surface area (Å²) in [4.78, 5) is 18.9. The molecule has 0 aliphatic rings. The number of nitrogens with zero attached hydrogens (tertiary/aromatic N) is 2. The summed E-state index contributed by atoms with van der Waals surface area (Å²) >= 11 is 7.37. The maximum atomic E-state index is 12.8. The third kappa shape index (κ3) is 3.35. The predicted molar refractivity (Wildman–Crippen MR) is 101 cm³/mol. The van der Waals surface area contributed by atoms with Gasteiger partial charge in [0.2, 0.25) is 0 Å². The van der Waals surface area contributed by atoms with Crippen molar-refractivity contribution in [2.75, 3.05) is 11.9 Å². The van der Waals surface area contributed by atoms with Crippen LogP contribution in [0.25, 0.3) is 10.6 Å². The Labute approximate surface area is 150 Å². The summed E-state index contributed by atoms with van der Waals surface area (Å²) in [7, 11) is 1.78. The fourth-order valence-electron chi connectivity index (χ4n) is 2.46. The third-order valence-electron chi connectivity index (χ3n) is 3.85. The van der Waals surface area contributed by atoms with E-state index in [0.29, 0.717) is 10.7 Å². The van der Waals surface area contributed by atoms with Crippen molar-refractivity contribution in [3.8, 4) is 10.6 Å². The molecule has 0 spiro atoms. The van der Waals surface area contributed by atoms with Crippen LogP contribution in [0, 0.1) is 13.8 Å². The monoisotopic (exact) mass is 356 g/mol. The van der Waals surface area contributed by atoms with Crippen molar-refractivity contribution in [2.24, 2.45) is 0 Å². The summed E-state index contributed by atoms with van der Waals surface area (Å²) in [5.74, 6) is -0.111. The van der Waals surface area contributed by atoms with E-state index in [0.717, 1.165) is 27.4 Å². The number of hydrogen-bond acceptors (Lipinski definition) is 3. The van der Waals surface area contributed by atoms with Crippen LogP contribution in [-0.2, 0) is 0 Å². The zero-order chi connectivity index (χ0) is 17.3. The fraction of sp³-hybridized carbons (Fsp3) is 0.158. The minimum atomic E-state index is -0.111. The van der Waals surface area contributed by atoms with Gasteiger partial charge in [-0.3, -0.25) is 4.79 Å². The zero-order valence-electron chi connectivity index (χ0n) is 13.7. The van der Waals surface area contributed by atoms with Crippen LogP contribution in [0.5, 0.6) is 0 Å². The molecule has 0 radical (unpaired) electrons. The summed E-state index contributed by atoms with van der Waals surface area (Å²) in [6, 6.07) is 13.5. The van der Waals surface area contributed by atoms with Crippen LogP contribution in [0.1, 0.15) is 21.6 Å². The number of carbonyl (C=O) groups excluding carboxylic acids is 1. The molecule has 3 aromatic rings. The number of hydrogen-bond donors (Lipinski definition) is 0. The van der Waals surface area contributed by atoms with Crippen LogP contribution in [-0.4, -0.2) is 17.9 Å². The van der Waals surface area contributed by atoms with Crippen LogP contribution < -0.4 is 4.90 Å². The lowest BCUT2D eigenvalue weighted by Gasteiger charge is -2.19. The van der Waals surface area contributed by atoms with Gasteiger partial charge in [-0.05, 0) is 43.2 Å².